The lowest BCUT2D eigenvalue weighted by Crippen LogP contribution is -2.39. The van der Waals surface area contributed by atoms with E-state index in [1.807, 2.05) is 31.2 Å². The Kier molecular flexibility index (Phi) is 5.57. The van der Waals surface area contributed by atoms with Gasteiger partial charge in [0.1, 0.15) is 12.4 Å². The molecule has 0 bridgehead atoms. The lowest BCUT2D eigenvalue weighted by Gasteiger charge is -2.25. The van der Waals surface area contributed by atoms with Gasteiger partial charge in [-0.05, 0) is 67.5 Å². The van der Waals surface area contributed by atoms with Gasteiger partial charge in [0.25, 0.3) is 0 Å². The number of nitrogens with zero attached hydrogens (tertiary/aromatic N) is 1. The molecular formula is C24H25FN2O3. The number of carbonyl (C=O) groups is 2. The fourth-order valence-corrected chi connectivity index (χ4v) is 4.50. The minimum atomic E-state index is -0.925. The summed E-state index contributed by atoms with van der Waals surface area (Å²) < 4.78 is 15.7. The van der Waals surface area contributed by atoms with Crippen molar-refractivity contribution in [1.82, 2.24) is 9.88 Å². The van der Waals surface area contributed by atoms with Crippen molar-refractivity contribution in [2.24, 2.45) is 0 Å². The van der Waals surface area contributed by atoms with Crippen LogP contribution in [0.2, 0.25) is 0 Å². The maximum Gasteiger partial charge on any atom is 0.323 e. The number of aliphatic carboxylic acids is 1. The molecule has 1 aliphatic carbocycles. The Morgan fingerprint density at radius 1 is 1.23 bits per heavy atom. The van der Waals surface area contributed by atoms with Gasteiger partial charge >= 0.3 is 5.97 Å². The van der Waals surface area contributed by atoms with Gasteiger partial charge in [-0.15, -0.1) is 0 Å². The third kappa shape index (κ3) is 4.08. The summed E-state index contributed by atoms with van der Waals surface area (Å²) in [5.74, 6) is -1.26. The van der Waals surface area contributed by atoms with Crippen molar-refractivity contribution < 1.29 is 19.1 Å². The van der Waals surface area contributed by atoms with Crippen molar-refractivity contribution in [3.05, 3.63) is 70.7 Å². The fraction of sp³-hybridized carbons (Fsp3) is 0.333. The summed E-state index contributed by atoms with van der Waals surface area (Å²) >= 11 is 0. The Labute approximate surface area is 174 Å². The number of halogens is 1. The van der Waals surface area contributed by atoms with Crippen LogP contribution in [-0.2, 0) is 35.4 Å². The molecule has 1 atom stereocenters. The number of aromatic nitrogens is 1. The molecule has 3 aromatic rings. The van der Waals surface area contributed by atoms with Gasteiger partial charge in [0.15, 0.2) is 0 Å². The molecule has 5 nitrogen and oxygen atoms in total. The first-order chi connectivity index (χ1) is 14.4. The maximum atomic E-state index is 13.9. The molecule has 0 saturated heterocycles. The van der Waals surface area contributed by atoms with E-state index in [1.54, 1.807) is 10.6 Å². The highest BCUT2D eigenvalue weighted by atomic mass is 19.1. The van der Waals surface area contributed by atoms with Gasteiger partial charge in [-0.2, -0.15) is 0 Å². The van der Waals surface area contributed by atoms with Crippen molar-refractivity contribution in [3.63, 3.8) is 0 Å². The van der Waals surface area contributed by atoms with Crippen molar-refractivity contribution in [2.75, 3.05) is 0 Å². The highest BCUT2D eigenvalue weighted by Gasteiger charge is 2.27. The first-order valence-corrected chi connectivity index (χ1v) is 10.3. The second kappa shape index (κ2) is 8.30. The predicted octanol–water partition coefficient (Wildman–Crippen LogP) is 3.78. The molecule has 6 heteroatoms. The van der Waals surface area contributed by atoms with E-state index in [2.05, 4.69) is 5.32 Å². The number of amides is 1. The molecule has 1 amide bonds. The molecular weight excluding hydrogens is 383 g/mol. The molecule has 1 aliphatic rings. The summed E-state index contributed by atoms with van der Waals surface area (Å²) in [7, 11) is 0. The Morgan fingerprint density at radius 3 is 2.80 bits per heavy atom. The summed E-state index contributed by atoms with van der Waals surface area (Å²) in [6.45, 7) is 1.90. The van der Waals surface area contributed by atoms with Gasteiger partial charge < -0.3 is 15.0 Å². The second-order valence-electron chi connectivity index (χ2n) is 8.00. The number of aryl methyl sites for hydroxylation is 2. The molecule has 0 radical (unpaired) electrons. The summed E-state index contributed by atoms with van der Waals surface area (Å²) in [6, 6.07) is 12.5. The lowest BCUT2D eigenvalue weighted by molar-refractivity contribution is -0.137. The highest BCUT2D eigenvalue weighted by Crippen LogP contribution is 2.33. The lowest BCUT2D eigenvalue weighted by atomic mass is 9.91. The van der Waals surface area contributed by atoms with E-state index in [1.165, 1.54) is 23.3 Å². The van der Waals surface area contributed by atoms with Gasteiger partial charge in [-0.25, -0.2) is 4.39 Å². The Hall–Kier alpha value is -3.15. The van der Waals surface area contributed by atoms with Gasteiger partial charge in [0, 0.05) is 29.1 Å². The summed E-state index contributed by atoms with van der Waals surface area (Å²) in [4.78, 5) is 23.9. The molecule has 0 spiro atoms. The Morgan fingerprint density at radius 2 is 2.03 bits per heavy atom. The Bertz CT molecular complexity index is 1120. The second-order valence-corrected chi connectivity index (χ2v) is 8.00. The molecule has 1 aromatic heterocycles. The third-order valence-corrected chi connectivity index (χ3v) is 5.97. The minimum Gasteiger partial charge on any atom is -0.480 e. The first-order valence-electron chi connectivity index (χ1n) is 10.3. The van der Waals surface area contributed by atoms with Crippen LogP contribution in [0.1, 0.15) is 35.2 Å². The molecule has 2 aromatic carbocycles. The number of hydrogen-bond acceptors (Lipinski definition) is 2. The molecule has 0 unspecified atom stereocenters. The smallest absolute Gasteiger partial charge is 0.323 e. The monoisotopic (exact) mass is 408 g/mol. The van der Waals surface area contributed by atoms with Crippen molar-refractivity contribution >= 4 is 22.8 Å². The largest absolute Gasteiger partial charge is 0.480 e. The number of carboxylic acid groups (broad SMARTS) is 1. The van der Waals surface area contributed by atoms with E-state index in [0.29, 0.717) is 25.7 Å². The van der Waals surface area contributed by atoms with E-state index in [9.17, 15) is 19.1 Å². The molecule has 0 fully saturated rings. The molecule has 2 N–H and O–H groups in total. The van der Waals surface area contributed by atoms with Crippen LogP contribution in [0.3, 0.4) is 0 Å². The van der Waals surface area contributed by atoms with Crippen LogP contribution in [0.15, 0.2) is 42.5 Å². The number of carboxylic acids is 1. The van der Waals surface area contributed by atoms with Gasteiger partial charge in [0.05, 0.1) is 0 Å². The summed E-state index contributed by atoms with van der Waals surface area (Å²) in [5, 5.41) is 13.2. The van der Waals surface area contributed by atoms with Crippen molar-refractivity contribution in [2.45, 2.75) is 51.6 Å². The van der Waals surface area contributed by atoms with E-state index >= 15 is 0 Å². The van der Waals surface area contributed by atoms with Gasteiger partial charge in [-0.1, -0.05) is 24.3 Å². The molecule has 1 heterocycles. The quantitative estimate of drug-likeness (QED) is 0.652. The van der Waals surface area contributed by atoms with Crippen LogP contribution in [-0.4, -0.2) is 27.6 Å². The van der Waals surface area contributed by atoms with E-state index in [0.717, 1.165) is 28.6 Å². The van der Waals surface area contributed by atoms with E-state index < -0.39 is 5.97 Å². The van der Waals surface area contributed by atoms with Gasteiger partial charge in [-0.3, -0.25) is 9.59 Å². The van der Waals surface area contributed by atoms with Crippen LogP contribution in [0.25, 0.3) is 10.9 Å². The third-order valence-electron chi connectivity index (χ3n) is 5.97. The number of rotatable bonds is 6. The Balaban J connectivity index is 1.50. The number of hydrogen-bond donors (Lipinski definition) is 2. The number of benzene rings is 2. The van der Waals surface area contributed by atoms with Crippen LogP contribution < -0.4 is 5.32 Å². The van der Waals surface area contributed by atoms with E-state index in [4.69, 9.17) is 0 Å². The summed E-state index contributed by atoms with van der Waals surface area (Å²) in [5.41, 5.74) is 4.96. The van der Waals surface area contributed by atoms with Crippen LogP contribution in [0.4, 0.5) is 4.39 Å². The molecule has 4 rings (SSSR count). The number of nitrogens with one attached hydrogen (secondary N) is 1. The fourth-order valence-electron chi connectivity index (χ4n) is 4.50. The highest BCUT2D eigenvalue weighted by molar-refractivity contribution is 5.87. The van der Waals surface area contributed by atoms with Crippen LogP contribution in [0.5, 0.6) is 0 Å². The average molecular weight is 408 g/mol. The average Bonchev–Trinajstić information content (AvgIpc) is 2.99. The zero-order valence-corrected chi connectivity index (χ0v) is 17.0. The molecule has 30 heavy (non-hydrogen) atoms. The normalized spacial score (nSPS) is 15.7. The number of fused-ring (bicyclic) bond motifs is 3. The summed E-state index contributed by atoms with van der Waals surface area (Å²) in [6.07, 6.45) is 3.09. The molecule has 0 saturated carbocycles. The molecule has 0 aliphatic heterocycles. The standard InChI is InChI=1S/C24H25FN2O3/c1-15-4-2-3-5-16(15)6-11-23(28)26-18-8-10-22-20(13-18)19-12-17(25)7-9-21(19)27(22)14-24(29)30/h2-5,7,9,12,18H,6,8,10-11,13-14H2,1H3,(H,26,28)(H,29,30)/t18-/m1/s1. The van der Waals surface area contributed by atoms with Crippen LogP contribution >= 0.6 is 0 Å². The topological polar surface area (TPSA) is 71.3 Å². The van der Waals surface area contributed by atoms with Crippen LogP contribution in [0, 0.1) is 12.7 Å². The van der Waals surface area contributed by atoms with Gasteiger partial charge in [0.2, 0.25) is 5.91 Å². The predicted molar refractivity (Wildman–Crippen MR) is 113 cm³/mol. The SMILES string of the molecule is Cc1ccccc1CCC(=O)N[C@@H]1CCc2c(c3cc(F)ccc3n2CC(=O)O)C1. The zero-order chi connectivity index (χ0) is 21.3. The maximum absolute atomic E-state index is 13.9. The van der Waals surface area contributed by atoms with Crippen molar-refractivity contribution in [1.29, 1.82) is 0 Å². The molecule has 156 valence electrons. The zero-order valence-electron chi connectivity index (χ0n) is 17.0. The number of carbonyl (C=O) groups excluding carboxylic acids is 1. The minimum absolute atomic E-state index is 0.00663. The van der Waals surface area contributed by atoms with E-state index in [-0.39, 0.29) is 24.3 Å². The van der Waals surface area contributed by atoms with Crippen molar-refractivity contribution in [3.8, 4) is 0 Å². The first kappa shape index (κ1) is 20.1.